The maximum atomic E-state index is 5.84. The molecule has 1 aromatic carbocycles. The van der Waals surface area contributed by atoms with Gasteiger partial charge >= 0.3 is 0 Å². The smallest absolute Gasteiger partial charge is 0.0946 e. The lowest BCUT2D eigenvalue weighted by molar-refractivity contribution is 0.597. The molecule has 0 saturated carbocycles. The summed E-state index contributed by atoms with van der Waals surface area (Å²) >= 11 is 5.84. The predicted molar refractivity (Wildman–Crippen MR) is 62.1 cm³/mol. The Labute approximate surface area is 94.5 Å². The third kappa shape index (κ3) is 2.60. The summed E-state index contributed by atoms with van der Waals surface area (Å²) in [6, 6.07) is 8.01. The van der Waals surface area contributed by atoms with Crippen molar-refractivity contribution in [1.82, 2.24) is 9.55 Å². The van der Waals surface area contributed by atoms with Gasteiger partial charge in [-0.1, -0.05) is 30.7 Å². The van der Waals surface area contributed by atoms with Gasteiger partial charge in [0.05, 0.1) is 6.33 Å². The van der Waals surface area contributed by atoms with Gasteiger partial charge in [0.25, 0.3) is 0 Å². The van der Waals surface area contributed by atoms with E-state index in [4.69, 9.17) is 11.6 Å². The highest BCUT2D eigenvalue weighted by Gasteiger charge is 2.05. The second-order valence-corrected chi connectivity index (χ2v) is 4.15. The molecule has 0 aliphatic heterocycles. The third-order valence-corrected chi connectivity index (χ3v) is 2.73. The molecular formula is C12H13ClN2. The number of halogens is 1. The van der Waals surface area contributed by atoms with Gasteiger partial charge in [0.2, 0.25) is 0 Å². The first-order chi connectivity index (χ1) is 7.25. The van der Waals surface area contributed by atoms with Crippen molar-refractivity contribution in [1.29, 1.82) is 0 Å². The number of nitrogens with zero attached hydrogens (tertiary/aromatic N) is 2. The van der Waals surface area contributed by atoms with Crippen LogP contribution in [0.1, 0.15) is 18.4 Å². The van der Waals surface area contributed by atoms with Crippen LogP contribution in [0.5, 0.6) is 0 Å². The summed E-state index contributed by atoms with van der Waals surface area (Å²) in [6.07, 6.45) is 5.62. The van der Waals surface area contributed by atoms with Crippen LogP contribution >= 0.6 is 11.6 Å². The molecule has 1 unspecified atom stereocenters. The molecule has 0 aliphatic carbocycles. The molecule has 0 bridgehead atoms. The molecule has 2 rings (SSSR count). The van der Waals surface area contributed by atoms with Crippen molar-refractivity contribution in [3.05, 3.63) is 53.6 Å². The summed E-state index contributed by atoms with van der Waals surface area (Å²) in [4.78, 5) is 4.02. The molecule has 1 aromatic heterocycles. The Hall–Kier alpha value is -1.28. The molecule has 2 aromatic rings. The molecular weight excluding hydrogens is 208 g/mol. The average Bonchev–Trinajstić information content (AvgIpc) is 2.71. The van der Waals surface area contributed by atoms with Crippen molar-refractivity contribution in [2.24, 2.45) is 0 Å². The zero-order valence-electron chi connectivity index (χ0n) is 8.60. The fourth-order valence-electron chi connectivity index (χ4n) is 1.61. The van der Waals surface area contributed by atoms with Gasteiger partial charge in [-0.3, -0.25) is 0 Å². The van der Waals surface area contributed by atoms with E-state index < -0.39 is 0 Å². The van der Waals surface area contributed by atoms with Gasteiger partial charge < -0.3 is 4.57 Å². The van der Waals surface area contributed by atoms with Crippen LogP contribution in [-0.4, -0.2) is 9.55 Å². The molecule has 0 spiro atoms. The summed E-state index contributed by atoms with van der Waals surface area (Å²) in [5.74, 6) is 0.469. The van der Waals surface area contributed by atoms with E-state index in [1.54, 1.807) is 6.20 Å². The number of imidazole rings is 1. The molecule has 15 heavy (non-hydrogen) atoms. The summed E-state index contributed by atoms with van der Waals surface area (Å²) in [5.41, 5.74) is 1.30. The van der Waals surface area contributed by atoms with E-state index in [1.807, 2.05) is 24.7 Å². The Kier molecular flexibility index (Phi) is 3.07. The zero-order valence-corrected chi connectivity index (χ0v) is 9.35. The Morgan fingerprint density at radius 3 is 2.67 bits per heavy atom. The predicted octanol–water partition coefficient (Wildman–Crippen LogP) is 3.34. The van der Waals surface area contributed by atoms with E-state index in [2.05, 4.69) is 28.6 Å². The van der Waals surface area contributed by atoms with Gasteiger partial charge in [0, 0.05) is 24.0 Å². The second-order valence-electron chi connectivity index (χ2n) is 3.71. The SMILES string of the molecule is CC(Cn1ccnc1)c1ccc(Cl)cc1. The lowest BCUT2D eigenvalue weighted by Gasteiger charge is -2.12. The molecule has 0 aliphatic rings. The molecule has 1 heterocycles. The van der Waals surface area contributed by atoms with Crippen LogP contribution < -0.4 is 0 Å². The van der Waals surface area contributed by atoms with E-state index in [9.17, 15) is 0 Å². The van der Waals surface area contributed by atoms with Gasteiger partial charge in [-0.15, -0.1) is 0 Å². The highest BCUT2D eigenvalue weighted by atomic mass is 35.5. The van der Waals surface area contributed by atoms with Gasteiger partial charge in [-0.25, -0.2) is 4.98 Å². The molecule has 1 atom stereocenters. The quantitative estimate of drug-likeness (QED) is 0.776. The molecule has 78 valence electrons. The van der Waals surface area contributed by atoms with E-state index in [-0.39, 0.29) is 0 Å². The zero-order chi connectivity index (χ0) is 10.7. The van der Waals surface area contributed by atoms with Gasteiger partial charge in [-0.2, -0.15) is 0 Å². The minimum Gasteiger partial charge on any atom is -0.337 e. The van der Waals surface area contributed by atoms with Crippen LogP contribution in [0, 0.1) is 0 Å². The highest BCUT2D eigenvalue weighted by Crippen LogP contribution is 2.19. The Morgan fingerprint density at radius 2 is 2.07 bits per heavy atom. The fraction of sp³-hybridized carbons (Fsp3) is 0.250. The van der Waals surface area contributed by atoms with Crippen LogP contribution in [0.15, 0.2) is 43.0 Å². The Balaban J connectivity index is 2.08. The third-order valence-electron chi connectivity index (χ3n) is 2.48. The van der Waals surface area contributed by atoms with Crippen LogP contribution in [0.3, 0.4) is 0 Å². The lowest BCUT2D eigenvalue weighted by atomic mass is 10.0. The van der Waals surface area contributed by atoms with Gasteiger partial charge in [-0.05, 0) is 23.6 Å². The van der Waals surface area contributed by atoms with Crippen molar-refractivity contribution in [2.75, 3.05) is 0 Å². The standard InChI is InChI=1S/C12H13ClN2/c1-10(8-15-7-6-14-9-15)11-2-4-12(13)5-3-11/h2-7,9-10H,8H2,1H3. The number of rotatable bonds is 3. The van der Waals surface area contributed by atoms with Crippen LogP contribution in [-0.2, 0) is 6.54 Å². The monoisotopic (exact) mass is 220 g/mol. The summed E-state index contributed by atoms with van der Waals surface area (Å²) in [5, 5.41) is 0.786. The first kappa shape index (κ1) is 10.2. The van der Waals surface area contributed by atoms with E-state index >= 15 is 0 Å². The molecule has 3 heteroatoms. The number of hydrogen-bond acceptors (Lipinski definition) is 1. The largest absolute Gasteiger partial charge is 0.337 e. The Bertz CT molecular complexity index is 406. The number of aromatic nitrogens is 2. The normalized spacial score (nSPS) is 12.7. The highest BCUT2D eigenvalue weighted by molar-refractivity contribution is 6.30. The van der Waals surface area contributed by atoms with Crippen LogP contribution in [0.2, 0.25) is 5.02 Å². The lowest BCUT2D eigenvalue weighted by Crippen LogP contribution is -2.04. The molecule has 0 amide bonds. The van der Waals surface area contributed by atoms with Crippen molar-refractivity contribution in [3.63, 3.8) is 0 Å². The Morgan fingerprint density at radius 1 is 1.33 bits per heavy atom. The van der Waals surface area contributed by atoms with Gasteiger partial charge in [0.15, 0.2) is 0 Å². The second kappa shape index (κ2) is 4.49. The average molecular weight is 221 g/mol. The minimum absolute atomic E-state index is 0.469. The fourth-order valence-corrected chi connectivity index (χ4v) is 1.73. The maximum absolute atomic E-state index is 5.84. The molecule has 2 nitrogen and oxygen atoms in total. The summed E-state index contributed by atoms with van der Waals surface area (Å²) in [6.45, 7) is 3.14. The molecule has 0 saturated heterocycles. The van der Waals surface area contributed by atoms with Crippen molar-refractivity contribution < 1.29 is 0 Å². The first-order valence-corrected chi connectivity index (χ1v) is 5.34. The molecule has 0 radical (unpaired) electrons. The minimum atomic E-state index is 0.469. The van der Waals surface area contributed by atoms with Crippen molar-refractivity contribution >= 4 is 11.6 Å². The van der Waals surface area contributed by atoms with E-state index in [0.29, 0.717) is 5.92 Å². The van der Waals surface area contributed by atoms with Crippen LogP contribution in [0.4, 0.5) is 0 Å². The topological polar surface area (TPSA) is 17.8 Å². The maximum Gasteiger partial charge on any atom is 0.0946 e. The first-order valence-electron chi connectivity index (χ1n) is 4.97. The van der Waals surface area contributed by atoms with Crippen LogP contribution in [0.25, 0.3) is 0 Å². The number of benzene rings is 1. The molecule has 0 N–H and O–H groups in total. The molecule has 0 fully saturated rings. The van der Waals surface area contributed by atoms with E-state index in [1.165, 1.54) is 5.56 Å². The van der Waals surface area contributed by atoms with E-state index in [0.717, 1.165) is 11.6 Å². The van der Waals surface area contributed by atoms with Crippen molar-refractivity contribution in [2.45, 2.75) is 19.4 Å². The summed E-state index contributed by atoms with van der Waals surface area (Å²) < 4.78 is 2.08. The van der Waals surface area contributed by atoms with Crippen molar-refractivity contribution in [3.8, 4) is 0 Å². The van der Waals surface area contributed by atoms with Gasteiger partial charge in [0.1, 0.15) is 0 Å². The summed E-state index contributed by atoms with van der Waals surface area (Å²) in [7, 11) is 0. The number of hydrogen-bond donors (Lipinski definition) is 0.